The van der Waals surface area contributed by atoms with Crippen molar-refractivity contribution >= 4 is 20.9 Å². The van der Waals surface area contributed by atoms with Gasteiger partial charge in [-0.05, 0) is 42.6 Å². The van der Waals surface area contributed by atoms with Crippen LogP contribution in [0.5, 0.6) is 11.5 Å². The Hall–Kier alpha value is -2.57. The average molecular weight is 395 g/mol. The van der Waals surface area contributed by atoms with Gasteiger partial charge in [0.05, 0.1) is 0 Å². The van der Waals surface area contributed by atoms with Gasteiger partial charge in [-0.2, -0.15) is 8.42 Å². The van der Waals surface area contributed by atoms with Crippen molar-refractivity contribution in [3.8, 4) is 11.5 Å². The third kappa shape index (κ3) is 2.67. The van der Waals surface area contributed by atoms with Crippen LogP contribution >= 0.6 is 0 Å². The van der Waals surface area contributed by atoms with Gasteiger partial charge in [0.2, 0.25) is 0 Å². The van der Waals surface area contributed by atoms with Crippen LogP contribution in [0.3, 0.4) is 0 Å². The van der Waals surface area contributed by atoms with E-state index in [2.05, 4.69) is 12.2 Å². The molecule has 6 heteroatoms. The van der Waals surface area contributed by atoms with E-state index in [1.165, 1.54) is 0 Å². The van der Waals surface area contributed by atoms with E-state index in [9.17, 15) is 8.42 Å². The Labute approximate surface area is 164 Å². The van der Waals surface area contributed by atoms with Crippen molar-refractivity contribution < 1.29 is 17.3 Å². The Morgan fingerprint density at radius 2 is 1.93 bits per heavy atom. The zero-order valence-electron chi connectivity index (χ0n) is 15.5. The summed E-state index contributed by atoms with van der Waals surface area (Å²) < 4.78 is 37.7. The number of nitrogens with one attached hydrogen (secondary N) is 1. The average Bonchev–Trinajstić information content (AvgIpc) is 2.99. The maximum Gasteiger partial charge on any atom is 0.339 e. The first-order chi connectivity index (χ1) is 13.5. The second-order valence-electron chi connectivity index (χ2n) is 7.65. The fourth-order valence-electron chi connectivity index (χ4n) is 4.30. The van der Waals surface area contributed by atoms with E-state index in [0.717, 1.165) is 36.2 Å². The summed E-state index contributed by atoms with van der Waals surface area (Å²) in [5.41, 5.74) is 0.882. The molecule has 2 heterocycles. The first-order valence-electron chi connectivity index (χ1n) is 9.42. The summed E-state index contributed by atoms with van der Waals surface area (Å²) in [5.74, 6) is 1.13. The fourth-order valence-corrected chi connectivity index (χ4v) is 5.44. The summed E-state index contributed by atoms with van der Waals surface area (Å²) in [6, 6.07) is 17.9. The highest BCUT2D eigenvalue weighted by atomic mass is 32.2. The van der Waals surface area contributed by atoms with Gasteiger partial charge >= 0.3 is 10.1 Å². The molecule has 2 unspecified atom stereocenters. The lowest BCUT2D eigenvalue weighted by Gasteiger charge is -2.35. The van der Waals surface area contributed by atoms with E-state index < -0.39 is 10.1 Å². The SMILES string of the molecule is CC12CCNCC1Oc1ccc(OS(=O)(=O)c3cccc4ccccc34)cc12. The molecule has 1 saturated heterocycles. The molecule has 28 heavy (non-hydrogen) atoms. The van der Waals surface area contributed by atoms with Gasteiger partial charge in [0, 0.05) is 22.9 Å². The van der Waals surface area contributed by atoms with Gasteiger partial charge in [-0.25, -0.2) is 0 Å². The second kappa shape index (κ2) is 6.22. The number of ether oxygens (including phenoxy) is 1. The Morgan fingerprint density at radius 3 is 2.82 bits per heavy atom. The fraction of sp³-hybridized carbons (Fsp3) is 0.273. The Kier molecular flexibility index (Phi) is 3.89. The minimum Gasteiger partial charge on any atom is -0.488 e. The van der Waals surface area contributed by atoms with Crippen molar-refractivity contribution in [2.24, 2.45) is 0 Å². The number of fused-ring (bicyclic) bond motifs is 4. The van der Waals surface area contributed by atoms with Crippen LogP contribution in [-0.2, 0) is 15.5 Å². The van der Waals surface area contributed by atoms with Crippen LogP contribution in [0.1, 0.15) is 18.9 Å². The number of rotatable bonds is 3. The largest absolute Gasteiger partial charge is 0.488 e. The summed E-state index contributed by atoms with van der Waals surface area (Å²) in [5, 5.41) is 4.87. The molecule has 0 amide bonds. The van der Waals surface area contributed by atoms with E-state index in [1.54, 1.807) is 24.3 Å². The van der Waals surface area contributed by atoms with E-state index >= 15 is 0 Å². The normalized spacial score (nSPS) is 23.7. The lowest BCUT2D eigenvalue weighted by atomic mass is 9.74. The molecule has 2 aliphatic rings. The molecule has 3 aromatic rings. The third-order valence-electron chi connectivity index (χ3n) is 5.92. The molecule has 2 aliphatic heterocycles. The van der Waals surface area contributed by atoms with Crippen molar-refractivity contribution in [2.75, 3.05) is 13.1 Å². The highest BCUT2D eigenvalue weighted by molar-refractivity contribution is 7.87. The van der Waals surface area contributed by atoms with Gasteiger partial charge in [-0.3, -0.25) is 0 Å². The predicted molar refractivity (Wildman–Crippen MR) is 107 cm³/mol. The highest BCUT2D eigenvalue weighted by Crippen LogP contribution is 2.47. The van der Waals surface area contributed by atoms with Crippen molar-refractivity contribution in [3.63, 3.8) is 0 Å². The minimum absolute atomic E-state index is 0.0566. The van der Waals surface area contributed by atoms with Crippen LogP contribution in [0.4, 0.5) is 0 Å². The second-order valence-corrected chi connectivity index (χ2v) is 9.17. The van der Waals surface area contributed by atoms with Crippen LogP contribution in [0.2, 0.25) is 0 Å². The molecule has 144 valence electrons. The molecule has 0 bridgehead atoms. The summed E-state index contributed by atoms with van der Waals surface area (Å²) in [6.07, 6.45) is 0.991. The molecule has 1 fully saturated rings. The van der Waals surface area contributed by atoms with Gasteiger partial charge in [-0.1, -0.05) is 43.3 Å². The van der Waals surface area contributed by atoms with Gasteiger partial charge in [-0.15, -0.1) is 0 Å². The van der Waals surface area contributed by atoms with E-state index in [1.807, 2.05) is 36.4 Å². The molecule has 3 aromatic carbocycles. The number of piperidine rings is 1. The maximum atomic E-state index is 13.0. The number of benzene rings is 3. The Balaban J connectivity index is 1.53. The summed E-state index contributed by atoms with van der Waals surface area (Å²) in [7, 11) is -3.96. The van der Waals surface area contributed by atoms with Gasteiger partial charge in [0.15, 0.2) is 0 Å². The van der Waals surface area contributed by atoms with Crippen LogP contribution in [0.15, 0.2) is 65.6 Å². The number of hydrogen-bond acceptors (Lipinski definition) is 5. The Morgan fingerprint density at radius 1 is 1.11 bits per heavy atom. The van der Waals surface area contributed by atoms with Crippen molar-refractivity contribution in [2.45, 2.75) is 29.8 Å². The molecular weight excluding hydrogens is 374 g/mol. The van der Waals surface area contributed by atoms with Crippen molar-refractivity contribution in [3.05, 3.63) is 66.2 Å². The molecule has 0 aromatic heterocycles. The maximum absolute atomic E-state index is 13.0. The molecule has 0 saturated carbocycles. The highest BCUT2D eigenvalue weighted by Gasteiger charge is 2.46. The molecule has 5 rings (SSSR count). The molecule has 0 radical (unpaired) electrons. The quantitative estimate of drug-likeness (QED) is 0.686. The van der Waals surface area contributed by atoms with E-state index in [0.29, 0.717) is 11.1 Å². The van der Waals surface area contributed by atoms with E-state index in [4.69, 9.17) is 8.92 Å². The van der Waals surface area contributed by atoms with E-state index in [-0.39, 0.29) is 16.4 Å². The van der Waals surface area contributed by atoms with Crippen LogP contribution in [0, 0.1) is 0 Å². The zero-order valence-corrected chi connectivity index (χ0v) is 16.3. The standard InChI is InChI=1S/C22H21NO4S/c1-22-11-12-23-14-21(22)26-19-10-9-16(13-18(19)22)27-28(24,25)20-8-4-6-15-5-2-3-7-17(15)20/h2-10,13,21,23H,11-12,14H2,1H3. The molecule has 5 nitrogen and oxygen atoms in total. The van der Waals surface area contributed by atoms with Crippen LogP contribution in [0.25, 0.3) is 10.8 Å². The zero-order chi connectivity index (χ0) is 19.4. The number of hydrogen-bond donors (Lipinski definition) is 1. The molecule has 0 aliphatic carbocycles. The molecular formula is C22H21NO4S. The van der Waals surface area contributed by atoms with Gasteiger partial charge < -0.3 is 14.2 Å². The summed E-state index contributed by atoms with van der Waals surface area (Å²) >= 11 is 0. The minimum atomic E-state index is -3.96. The van der Waals surface area contributed by atoms with Crippen LogP contribution in [-0.4, -0.2) is 27.6 Å². The lowest BCUT2D eigenvalue weighted by molar-refractivity contribution is 0.124. The smallest absolute Gasteiger partial charge is 0.339 e. The summed E-state index contributed by atoms with van der Waals surface area (Å²) in [6.45, 7) is 3.87. The first kappa shape index (κ1) is 17.5. The summed E-state index contributed by atoms with van der Waals surface area (Å²) in [4.78, 5) is 0.174. The van der Waals surface area contributed by atoms with Gasteiger partial charge in [0.25, 0.3) is 0 Å². The lowest BCUT2D eigenvalue weighted by Crippen LogP contribution is -2.49. The molecule has 1 N–H and O–H groups in total. The van der Waals surface area contributed by atoms with Crippen molar-refractivity contribution in [1.29, 1.82) is 0 Å². The molecule has 2 atom stereocenters. The topological polar surface area (TPSA) is 64.6 Å². The van der Waals surface area contributed by atoms with Crippen LogP contribution < -0.4 is 14.2 Å². The first-order valence-corrected chi connectivity index (χ1v) is 10.8. The predicted octanol–water partition coefficient (Wildman–Crippen LogP) is 3.62. The van der Waals surface area contributed by atoms with Gasteiger partial charge in [0.1, 0.15) is 22.5 Å². The molecule has 0 spiro atoms. The monoisotopic (exact) mass is 395 g/mol. The van der Waals surface area contributed by atoms with Crippen molar-refractivity contribution in [1.82, 2.24) is 5.32 Å². The third-order valence-corrected chi connectivity index (χ3v) is 7.23. The Bertz CT molecular complexity index is 1170.